The van der Waals surface area contributed by atoms with Gasteiger partial charge in [0.2, 0.25) is 0 Å². The van der Waals surface area contributed by atoms with E-state index < -0.39 is 35.4 Å². The smallest absolute Gasteiger partial charge is 0.274 e. The van der Waals surface area contributed by atoms with Crippen LogP contribution in [0.2, 0.25) is 0 Å². The number of nitriles is 1. The summed E-state index contributed by atoms with van der Waals surface area (Å²) in [6.45, 7) is 1.93. The normalized spacial score (nSPS) is 23.4. The number of nitrogens with one attached hydrogen (secondary N) is 1. The Bertz CT molecular complexity index is 1080. The van der Waals surface area contributed by atoms with Crippen molar-refractivity contribution in [3.8, 4) is 6.07 Å². The lowest BCUT2D eigenvalue weighted by atomic mass is 9.80. The third-order valence-electron chi connectivity index (χ3n) is 5.27. The number of alkyl halides is 2. The average Bonchev–Trinajstić information content (AvgIpc) is 2.72. The molecular weight excluding hydrogens is 395 g/mol. The second-order valence-corrected chi connectivity index (χ2v) is 7.52. The van der Waals surface area contributed by atoms with E-state index >= 15 is 0 Å². The molecule has 1 aliphatic rings. The Morgan fingerprint density at radius 1 is 1.37 bits per heavy atom. The van der Waals surface area contributed by atoms with Crippen molar-refractivity contribution in [3.05, 3.63) is 58.7 Å². The zero-order valence-electron chi connectivity index (χ0n) is 16.5. The van der Waals surface area contributed by atoms with Crippen molar-refractivity contribution in [1.29, 1.82) is 5.26 Å². The van der Waals surface area contributed by atoms with Gasteiger partial charge in [-0.25, -0.2) is 18.2 Å². The van der Waals surface area contributed by atoms with Crippen LogP contribution in [0.1, 0.15) is 46.9 Å². The number of aryl methyl sites for hydroxylation is 1. The molecule has 0 saturated carbocycles. The fraction of sp³-hybridized carbons (Fsp3) is 0.333. The Hall–Kier alpha value is -3.41. The van der Waals surface area contributed by atoms with Crippen LogP contribution in [0.25, 0.3) is 0 Å². The van der Waals surface area contributed by atoms with Crippen LogP contribution in [0.4, 0.5) is 18.9 Å². The molecule has 1 aromatic carbocycles. The number of hydrogen-bond donors (Lipinski definition) is 2. The predicted molar refractivity (Wildman–Crippen MR) is 106 cm³/mol. The molecule has 1 aromatic heterocycles. The number of amidine groups is 1. The van der Waals surface area contributed by atoms with E-state index in [2.05, 4.69) is 15.3 Å². The number of amides is 1. The average molecular weight is 415 g/mol. The fourth-order valence-corrected chi connectivity index (χ4v) is 3.40. The van der Waals surface area contributed by atoms with Crippen LogP contribution >= 0.6 is 0 Å². The molecule has 30 heavy (non-hydrogen) atoms. The summed E-state index contributed by atoms with van der Waals surface area (Å²) < 4.78 is 42.0. The van der Waals surface area contributed by atoms with Crippen LogP contribution in [-0.4, -0.2) is 29.1 Å². The standard InChI is InChI=1S/C21H20F3N5O/c1-12-7-13(9-25)10-27-17(12)18(30)28-14-3-4-16(23)15(8-14)20(2)5-6-21(24,11-22)19(26)29-20/h3-4,7-8,10H,5-6,11H2,1-2H3,(H2,26,29)(H,28,30)/t20-,21+/m0/s1. The number of carbonyl (C=O) groups excluding carboxylic acids is 1. The summed E-state index contributed by atoms with van der Waals surface area (Å²) in [4.78, 5) is 20.6. The second kappa shape index (κ2) is 7.78. The molecule has 0 fully saturated rings. The third-order valence-corrected chi connectivity index (χ3v) is 5.27. The first-order valence-corrected chi connectivity index (χ1v) is 9.21. The number of aromatic nitrogens is 1. The van der Waals surface area contributed by atoms with Gasteiger partial charge in [-0.05, 0) is 56.5 Å². The van der Waals surface area contributed by atoms with E-state index in [-0.39, 0.29) is 29.8 Å². The first-order valence-electron chi connectivity index (χ1n) is 9.21. The predicted octanol–water partition coefficient (Wildman–Crippen LogP) is 3.70. The van der Waals surface area contributed by atoms with Crippen molar-refractivity contribution in [1.82, 2.24) is 4.98 Å². The number of halogens is 3. The quantitative estimate of drug-likeness (QED) is 0.794. The van der Waals surface area contributed by atoms with Crippen LogP contribution in [0.3, 0.4) is 0 Å². The zero-order chi connectivity index (χ0) is 22.1. The molecule has 3 rings (SSSR count). The number of pyridine rings is 1. The summed E-state index contributed by atoms with van der Waals surface area (Å²) in [6.07, 6.45) is 1.09. The largest absolute Gasteiger partial charge is 0.385 e. The van der Waals surface area contributed by atoms with Crippen molar-refractivity contribution in [2.24, 2.45) is 10.7 Å². The van der Waals surface area contributed by atoms with Crippen molar-refractivity contribution in [3.63, 3.8) is 0 Å². The van der Waals surface area contributed by atoms with E-state index in [1.54, 1.807) is 13.8 Å². The van der Waals surface area contributed by atoms with Gasteiger partial charge in [-0.3, -0.25) is 9.79 Å². The van der Waals surface area contributed by atoms with Crippen LogP contribution in [0.15, 0.2) is 35.5 Å². The van der Waals surface area contributed by atoms with Gasteiger partial charge in [0.15, 0.2) is 5.67 Å². The molecule has 0 saturated heterocycles. The molecule has 0 radical (unpaired) electrons. The van der Waals surface area contributed by atoms with E-state index in [1.807, 2.05) is 6.07 Å². The topological polar surface area (TPSA) is 104 Å². The molecule has 0 unspecified atom stereocenters. The Morgan fingerprint density at radius 3 is 2.70 bits per heavy atom. The highest BCUT2D eigenvalue weighted by molar-refractivity contribution is 6.03. The van der Waals surface area contributed by atoms with Gasteiger partial charge < -0.3 is 11.1 Å². The molecule has 3 N–H and O–H groups in total. The lowest BCUT2D eigenvalue weighted by Gasteiger charge is -2.36. The zero-order valence-corrected chi connectivity index (χ0v) is 16.5. The molecule has 1 aliphatic heterocycles. The van der Waals surface area contributed by atoms with Crippen molar-refractivity contribution in [2.45, 2.75) is 37.9 Å². The molecule has 1 amide bonds. The van der Waals surface area contributed by atoms with Crippen molar-refractivity contribution in [2.75, 3.05) is 12.0 Å². The minimum atomic E-state index is -2.35. The number of carbonyl (C=O) groups is 1. The number of benzene rings is 1. The van der Waals surface area contributed by atoms with Crippen LogP contribution in [-0.2, 0) is 5.54 Å². The molecule has 0 aliphatic carbocycles. The van der Waals surface area contributed by atoms with E-state index in [1.165, 1.54) is 24.4 Å². The molecular formula is C21H20F3N5O. The first-order chi connectivity index (χ1) is 14.1. The first kappa shape index (κ1) is 21.3. The Kier molecular flexibility index (Phi) is 5.53. The molecule has 0 spiro atoms. The van der Waals surface area contributed by atoms with Crippen LogP contribution in [0.5, 0.6) is 0 Å². The Labute approximate surface area is 171 Å². The highest BCUT2D eigenvalue weighted by atomic mass is 19.2. The number of aliphatic imine (C=N–C) groups is 1. The number of hydrogen-bond acceptors (Lipinski definition) is 5. The lowest BCUT2D eigenvalue weighted by Crippen LogP contribution is -2.48. The lowest BCUT2D eigenvalue weighted by molar-refractivity contribution is 0.102. The highest BCUT2D eigenvalue weighted by Crippen LogP contribution is 2.41. The van der Waals surface area contributed by atoms with Crippen LogP contribution < -0.4 is 11.1 Å². The van der Waals surface area contributed by atoms with Crippen LogP contribution in [0, 0.1) is 24.1 Å². The summed E-state index contributed by atoms with van der Waals surface area (Å²) in [5, 5.41) is 11.5. The van der Waals surface area contributed by atoms with Gasteiger partial charge in [0.25, 0.3) is 5.91 Å². The maximum absolute atomic E-state index is 14.6. The molecule has 2 heterocycles. The maximum atomic E-state index is 14.6. The van der Waals surface area contributed by atoms with E-state index in [0.29, 0.717) is 11.1 Å². The molecule has 9 heteroatoms. The fourth-order valence-electron chi connectivity index (χ4n) is 3.40. The van der Waals surface area contributed by atoms with Crippen molar-refractivity contribution < 1.29 is 18.0 Å². The van der Waals surface area contributed by atoms with Gasteiger partial charge in [0.05, 0.1) is 11.1 Å². The van der Waals surface area contributed by atoms with Gasteiger partial charge >= 0.3 is 0 Å². The van der Waals surface area contributed by atoms with E-state index in [0.717, 1.165) is 6.07 Å². The van der Waals surface area contributed by atoms with Gasteiger partial charge in [0, 0.05) is 17.4 Å². The molecule has 2 atom stereocenters. The molecule has 156 valence electrons. The van der Waals surface area contributed by atoms with E-state index in [9.17, 15) is 18.0 Å². The minimum absolute atomic E-state index is 0.0404. The minimum Gasteiger partial charge on any atom is -0.385 e. The third kappa shape index (κ3) is 3.85. The SMILES string of the molecule is Cc1cc(C#N)cnc1C(=O)Nc1ccc(F)c([C@]2(C)CC[C@@](F)(CF)C(N)=N2)c1. The maximum Gasteiger partial charge on any atom is 0.274 e. The summed E-state index contributed by atoms with van der Waals surface area (Å²) in [5.74, 6) is -1.65. The summed E-state index contributed by atoms with van der Waals surface area (Å²) in [5.41, 5.74) is 3.42. The number of rotatable bonds is 4. The summed E-state index contributed by atoms with van der Waals surface area (Å²) in [7, 11) is 0. The van der Waals surface area contributed by atoms with Crippen molar-refractivity contribution >= 4 is 17.4 Å². The Balaban J connectivity index is 1.91. The molecule has 0 bridgehead atoms. The monoisotopic (exact) mass is 415 g/mol. The van der Waals surface area contributed by atoms with Gasteiger partial charge in [-0.2, -0.15) is 5.26 Å². The summed E-state index contributed by atoms with van der Waals surface area (Å²) >= 11 is 0. The van der Waals surface area contributed by atoms with E-state index in [4.69, 9.17) is 11.0 Å². The Morgan fingerprint density at radius 2 is 2.10 bits per heavy atom. The number of nitrogens with two attached hydrogens (primary N) is 1. The van der Waals surface area contributed by atoms with Gasteiger partial charge in [-0.1, -0.05) is 0 Å². The number of anilines is 1. The summed E-state index contributed by atoms with van der Waals surface area (Å²) in [6, 6.07) is 7.40. The van der Waals surface area contributed by atoms with Gasteiger partial charge in [0.1, 0.15) is 30.1 Å². The molecule has 6 nitrogen and oxygen atoms in total. The highest BCUT2D eigenvalue weighted by Gasteiger charge is 2.44. The van der Waals surface area contributed by atoms with Gasteiger partial charge in [-0.15, -0.1) is 0 Å². The number of nitrogens with zero attached hydrogens (tertiary/aromatic N) is 3. The molecule has 2 aromatic rings. The second-order valence-electron chi connectivity index (χ2n) is 7.52.